The molecule has 138 valence electrons. The number of nitrogens with one attached hydrogen (secondary N) is 1. The molecule has 0 radical (unpaired) electrons. The Hall–Kier alpha value is -0.530. The van der Waals surface area contributed by atoms with Gasteiger partial charge in [0.25, 0.3) is 0 Å². The van der Waals surface area contributed by atoms with Crippen LogP contribution in [0, 0.1) is 5.82 Å². The number of hydrogen-bond donors (Lipinski definition) is 1. The van der Waals surface area contributed by atoms with Gasteiger partial charge >= 0.3 is 6.18 Å². The van der Waals surface area contributed by atoms with Gasteiger partial charge in [-0.3, -0.25) is 4.90 Å². The highest BCUT2D eigenvalue weighted by molar-refractivity contribution is 6.30. The van der Waals surface area contributed by atoms with Crippen molar-refractivity contribution in [1.82, 2.24) is 10.2 Å². The van der Waals surface area contributed by atoms with Gasteiger partial charge in [-0.25, -0.2) is 4.39 Å². The van der Waals surface area contributed by atoms with E-state index in [2.05, 4.69) is 11.9 Å². The first-order valence-electron chi connectivity index (χ1n) is 6.97. The fourth-order valence-corrected chi connectivity index (χ4v) is 2.91. The molecule has 1 saturated heterocycles. The summed E-state index contributed by atoms with van der Waals surface area (Å²) in [5, 5.41) is 2.83. The van der Waals surface area contributed by atoms with Crippen LogP contribution < -0.4 is 5.32 Å². The molecule has 0 spiro atoms. The van der Waals surface area contributed by atoms with Crippen LogP contribution in [0.15, 0.2) is 24.8 Å². The lowest BCUT2D eigenvalue weighted by atomic mass is 9.94. The third-order valence-electron chi connectivity index (χ3n) is 3.75. The van der Waals surface area contributed by atoms with Gasteiger partial charge in [-0.05, 0) is 18.6 Å². The smallest absolute Gasteiger partial charge is 0.314 e. The third-order valence-corrected chi connectivity index (χ3v) is 4.05. The standard InChI is InChI=1S/C15H17ClF4N2.2ClH/c1-2-3-12(22-8-6-21-7-9-22)13-10(15(18,19)20)4-5-11(16)14(13)17;;/h2,4-5,12,21H,1,3,6-9H2;2*1H/t12-;;/m1../s1. The van der Waals surface area contributed by atoms with Gasteiger partial charge in [0.05, 0.1) is 10.6 Å². The van der Waals surface area contributed by atoms with Crippen molar-refractivity contribution in [3.63, 3.8) is 0 Å². The van der Waals surface area contributed by atoms with Gasteiger partial charge in [0, 0.05) is 37.8 Å². The Morgan fingerprint density at radius 3 is 2.33 bits per heavy atom. The van der Waals surface area contributed by atoms with Crippen LogP contribution in [0.25, 0.3) is 0 Å². The van der Waals surface area contributed by atoms with E-state index >= 15 is 0 Å². The Morgan fingerprint density at radius 1 is 1.25 bits per heavy atom. The predicted molar refractivity (Wildman–Crippen MR) is 92.9 cm³/mol. The minimum Gasteiger partial charge on any atom is -0.314 e. The van der Waals surface area contributed by atoms with Crippen LogP contribution in [0.4, 0.5) is 17.6 Å². The first-order valence-corrected chi connectivity index (χ1v) is 7.34. The van der Waals surface area contributed by atoms with Gasteiger partial charge in [-0.1, -0.05) is 17.7 Å². The molecule has 1 aromatic carbocycles. The van der Waals surface area contributed by atoms with Crippen LogP contribution in [0.1, 0.15) is 23.6 Å². The summed E-state index contributed by atoms with van der Waals surface area (Å²) in [7, 11) is 0. The summed E-state index contributed by atoms with van der Waals surface area (Å²) in [5.74, 6) is -0.998. The van der Waals surface area contributed by atoms with Crippen molar-refractivity contribution in [3.05, 3.63) is 46.8 Å². The highest BCUT2D eigenvalue weighted by atomic mass is 35.5. The summed E-state index contributed by atoms with van der Waals surface area (Å²) in [5.41, 5.74) is -1.36. The van der Waals surface area contributed by atoms with E-state index in [0.717, 1.165) is 12.1 Å². The molecule has 1 heterocycles. The van der Waals surface area contributed by atoms with Gasteiger partial charge in [-0.2, -0.15) is 13.2 Å². The molecule has 1 aliphatic rings. The zero-order valence-corrected chi connectivity index (χ0v) is 15.1. The molecule has 0 unspecified atom stereocenters. The molecule has 9 heteroatoms. The average molecular weight is 410 g/mol. The number of rotatable bonds is 4. The van der Waals surface area contributed by atoms with Gasteiger partial charge < -0.3 is 5.32 Å². The number of hydrogen-bond acceptors (Lipinski definition) is 2. The molecule has 1 aromatic rings. The van der Waals surface area contributed by atoms with Crippen molar-refractivity contribution in [2.45, 2.75) is 18.6 Å². The summed E-state index contributed by atoms with van der Waals surface area (Å²) in [6, 6.07) is 1.07. The minimum absolute atomic E-state index is 0. The van der Waals surface area contributed by atoms with Crippen LogP contribution in [0.3, 0.4) is 0 Å². The summed E-state index contributed by atoms with van der Waals surface area (Å²) in [6.07, 6.45) is -2.90. The zero-order chi connectivity index (χ0) is 16.3. The number of halogens is 7. The Kier molecular flexibility index (Phi) is 9.61. The maximum atomic E-state index is 14.4. The molecule has 2 rings (SSSR count). The van der Waals surface area contributed by atoms with E-state index < -0.39 is 23.6 Å². The lowest BCUT2D eigenvalue weighted by Gasteiger charge is -2.36. The largest absolute Gasteiger partial charge is 0.416 e. The van der Waals surface area contributed by atoms with Gasteiger partial charge in [-0.15, -0.1) is 31.4 Å². The van der Waals surface area contributed by atoms with Crippen molar-refractivity contribution < 1.29 is 17.6 Å². The van der Waals surface area contributed by atoms with Gasteiger partial charge in [0.1, 0.15) is 5.82 Å². The summed E-state index contributed by atoms with van der Waals surface area (Å²) >= 11 is 5.72. The zero-order valence-electron chi connectivity index (χ0n) is 12.7. The second kappa shape index (κ2) is 9.82. The summed E-state index contributed by atoms with van der Waals surface area (Å²) < 4.78 is 54.2. The van der Waals surface area contributed by atoms with E-state index in [9.17, 15) is 17.6 Å². The van der Waals surface area contributed by atoms with Gasteiger partial charge in [0.15, 0.2) is 0 Å². The monoisotopic (exact) mass is 408 g/mol. The molecule has 0 bridgehead atoms. The normalized spacial score (nSPS) is 16.7. The van der Waals surface area contributed by atoms with Gasteiger partial charge in [0.2, 0.25) is 0 Å². The van der Waals surface area contributed by atoms with E-state index in [0.29, 0.717) is 26.2 Å². The first-order chi connectivity index (χ1) is 10.4. The van der Waals surface area contributed by atoms with Crippen molar-refractivity contribution >= 4 is 36.4 Å². The van der Waals surface area contributed by atoms with Crippen molar-refractivity contribution in [3.8, 4) is 0 Å². The molecule has 0 aromatic heterocycles. The third kappa shape index (κ3) is 5.23. The summed E-state index contributed by atoms with van der Waals surface area (Å²) in [6.45, 7) is 5.97. The maximum Gasteiger partial charge on any atom is 0.416 e. The Labute approximate surface area is 156 Å². The molecule has 0 aliphatic carbocycles. The van der Waals surface area contributed by atoms with E-state index in [-0.39, 0.29) is 41.8 Å². The summed E-state index contributed by atoms with van der Waals surface area (Å²) in [4.78, 5) is 1.84. The van der Waals surface area contributed by atoms with Crippen LogP contribution >= 0.6 is 36.4 Å². The topological polar surface area (TPSA) is 15.3 Å². The Balaban J connectivity index is 0.00000264. The second-order valence-electron chi connectivity index (χ2n) is 5.15. The molecule has 1 N–H and O–H groups in total. The molecular weight excluding hydrogens is 391 g/mol. The van der Waals surface area contributed by atoms with Crippen LogP contribution in [0.2, 0.25) is 5.02 Å². The predicted octanol–water partition coefficient (Wildman–Crippen LogP) is 4.86. The fourth-order valence-electron chi connectivity index (χ4n) is 2.74. The van der Waals surface area contributed by atoms with Crippen LogP contribution in [0.5, 0.6) is 0 Å². The van der Waals surface area contributed by atoms with Crippen LogP contribution in [-0.2, 0) is 6.18 Å². The highest BCUT2D eigenvalue weighted by Gasteiger charge is 2.39. The molecule has 1 atom stereocenters. The molecule has 1 aliphatic heterocycles. The Bertz CT molecular complexity index is 546. The number of benzene rings is 1. The lowest BCUT2D eigenvalue weighted by Crippen LogP contribution is -2.45. The minimum atomic E-state index is -4.63. The average Bonchev–Trinajstić information content (AvgIpc) is 2.47. The van der Waals surface area contributed by atoms with Crippen molar-refractivity contribution in [2.24, 2.45) is 0 Å². The van der Waals surface area contributed by atoms with Crippen LogP contribution in [-0.4, -0.2) is 31.1 Å². The highest BCUT2D eigenvalue weighted by Crippen LogP contribution is 2.41. The SMILES string of the molecule is C=CC[C@H](c1c(C(F)(F)F)ccc(Cl)c1F)N1CCNCC1.Cl.Cl. The van der Waals surface area contributed by atoms with E-state index in [1.54, 1.807) is 0 Å². The lowest BCUT2D eigenvalue weighted by molar-refractivity contribution is -0.139. The molecule has 2 nitrogen and oxygen atoms in total. The number of piperazine rings is 1. The Morgan fingerprint density at radius 2 is 1.83 bits per heavy atom. The van der Waals surface area contributed by atoms with E-state index in [4.69, 9.17) is 11.6 Å². The molecule has 0 saturated carbocycles. The number of alkyl halides is 3. The maximum absolute atomic E-state index is 14.4. The number of nitrogens with zero attached hydrogens (tertiary/aromatic N) is 1. The fraction of sp³-hybridized carbons (Fsp3) is 0.467. The molecule has 1 fully saturated rings. The van der Waals surface area contributed by atoms with E-state index in [1.165, 1.54) is 6.08 Å². The van der Waals surface area contributed by atoms with E-state index in [1.807, 2.05) is 4.90 Å². The molecule has 0 amide bonds. The first kappa shape index (κ1) is 23.5. The van der Waals surface area contributed by atoms with Crippen molar-refractivity contribution in [1.29, 1.82) is 0 Å². The van der Waals surface area contributed by atoms with Crippen molar-refractivity contribution in [2.75, 3.05) is 26.2 Å². The quantitative estimate of drug-likeness (QED) is 0.564. The molecule has 24 heavy (non-hydrogen) atoms. The second-order valence-corrected chi connectivity index (χ2v) is 5.55. The molecular formula is C15H19Cl3F4N2.